The summed E-state index contributed by atoms with van der Waals surface area (Å²) >= 11 is 0. The summed E-state index contributed by atoms with van der Waals surface area (Å²) in [5.74, 6) is -1.09. The Balaban J connectivity index is 1.54. The van der Waals surface area contributed by atoms with E-state index in [0.717, 1.165) is 12.1 Å². The van der Waals surface area contributed by atoms with E-state index in [0.29, 0.717) is 0 Å². The van der Waals surface area contributed by atoms with Crippen LogP contribution in [0, 0.1) is 23.7 Å². The van der Waals surface area contributed by atoms with E-state index in [1.807, 2.05) is 35.3 Å². The smallest absolute Gasteiger partial charge is 0.317 e. The van der Waals surface area contributed by atoms with Gasteiger partial charge in [0.2, 0.25) is 0 Å². The van der Waals surface area contributed by atoms with Gasteiger partial charge < -0.3 is 4.74 Å². The molecule has 4 aliphatic rings. The SMILES string of the molecule is O=C1OC(=O)[C@@H]2[C@H]3C[C@H]([C@@H]12)[C@H]1[C@H]3N=NN1c1ccccc1. The maximum atomic E-state index is 12.0. The summed E-state index contributed by atoms with van der Waals surface area (Å²) in [5.41, 5.74) is 0.982. The number of cyclic esters (lactones) is 2. The van der Waals surface area contributed by atoms with E-state index in [4.69, 9.17) is 4.74 Å². The van der Waals surface area contributed by atoms with Crippen molar-refractivity contribution in [2.24, 2.45) is 34.0 Å². The molecular formula is C15H13N3O3. The lowest BCUT2D eigenvalue weighted by atomic mass is 9.76. The molecule has 2 bridgehead atoms. The fourth-order valence-corrected chi connectivity index (χ4v) is 4.69. The minimum Gasteiger partial charge on any atom is -0.393 e. The lowest BCUT2D eigenvalue weighted by Gasteiger charge is -2.32. The molecule has 6 heteroatoms. The molecule has 1 saturated heterocycles. The number of fused-ring (bicyclic) bond motifs is 8. The Morgan fingerprint density at radius 2 is 1.76 bits per heavy atom. The molecule has 5 rings (SSSR count). The summed E-state index contributed by atoms with van der Waals surface area (Å²) in [7, 11) is 0. The van der Waals surface area contributed by atoms with Gasteiger partial charge in [-0.1, -0.05) is 23.4 Å². The highest BCUT2D eigenvalue weighted by molar-refractivity contribution is 5.98. The monoisotopic (exact) mass is 283 g/mol. The molecule has 6 nitrogen and oxygen atoms in total. The summed E-state index contributed by atoms with van der Waals surface area (Å²) in [6.45, 7) is 0. The van der Waals surface area contributed by atoms with Crippen molar-refractivity contribution < 1.29 is 14.3 Å². The molecule has 1 aromatic rings. The molecule has 0 amide bonds. The second-order valence-corrected chi connectivity index (χ2v) is 6.22. The molecule has 0 radical (unpaired) electrons. The van der Waals surface area contributed by atoms with Crippen LogP contribution in [-0.4, -0.2) is 24.0 Å². The van der Waals surface area contributed by atoms with E-state index in [1.54, 1.807) is 0 Å². The van der Waals surface area contributed by atoms with Crippen LogP contribution in [0.2, 0.25) is 0 Å². The molecule has 1 aromatic carbocycles. The van der Waals surface area contributed by atoms with E-state index < -0.39 is 0 Å². The van der Waals surface area contributed by atoms with Crippen LogP contribution in [0.3, 0.4) is 0 Å². The zero-order valence-corrected chi connectivity index (χ0v) is 11.1. The topological polar surface area (TPSA) is 71.3 Å². The minimum absolute atomic E-state index is 0.00917. The molecule has 0 N–H and O–H groups in total. The first-order valence-corrected chi connectivity index (χ1v) is 7.26. The molecule has 2 saturated carbocycles. The Kier molecular flexibility index (Phi) is 2.01. The van der Waals surface area contributed by atoms with Gasteiger partial charge >= 0.3 is 11.9 Å². The number of nitrogens with zero attached hydrogens (tertiary/aromatic N) is 3. The van der Waals surface area contributed by atoms with Crippen molar-refractivity contribution in [2.45, 2.75) is 18.5 Å². The van der Waals surface area contributed by atoms with Crippen molar-refractivity contribution in [3.05, 3.63) is 30.3 Å². The van der Waals surface area contributed by atoms with Crippen molar-refractivity contribution >= 4 is 17.6 Å². The van der Waals surface area contributed by atoms with E-state index >= 15 is 0 Å². The molecule has 106 valence electrons. The number of ether oxygens (including phenoxy) is 1. The second-order valence-electron chi connectivity index (χ2n) is 6.22. The van der Waals surface area contributed by atoms with Gasteiger partial charge in [-0.25, -0.2) is 5.01 Å². The molecular weight excluding hydrogens is 270 g/mol. The fourth-order valence-electron chi connectivity index (χ4n) is 4.69. The number of carbonyl (C=O) groups is 2. The number of anilines is 1. The lowest BCUT2D eigenvalue weighted by Crippen LogP contribution is -2.47. The van der Waals surface area contributed by atoms with Crippen molar-refractivity contribution in [3.8, 4) is 0 Å². The summed E-state index contributed by atoms with van der Waals surface area (Å²) < 4.78 is 4.85. The molecule has 21 heavy (non-hydrogen) atoms. The third-order valence-electron chi connectivity index (χ3n) is 5.41. The number of hydrogen-bond acceptors (Lipinski definition) is 6. The van der Waals surface area contributed by atoms with Crippen LogP contribution in [-0.2, 0) is 14.3 Å². The molecule has 0 aromatic heterocycles. The lowest BCUT2D eigenvalue weighted by molar-refractivity contribution is -0.154. The van der Waals surface area contributed by atoms with Crippen LogP contribution in [0.15, 0.2) is 40.7 Å². The molecule has 0 unspecified atom stereocenters. The van der Waals surface area contributed by atoms with Crippen molar-refractivity contribution in [1.29, 1.82) is 0 Å². The Hall–Kier alpha value is -2.24. The Labute approximate surface area is 120 Å². The van der Waals surface area contributed by atoms with Gasteiger partial charge in [-0.2, -0.15) is 5.11 Å². The quantitative estimate of drug-likeness (QED) is 0.579. The molecule has 0 spiro atoms. The summed E-state index contributed by atoms with van der Waals surface area (Å²) in [6, 6.07) is 9.94. The molecule has 3 fully saturated rings. The van der Waals surface area contributed by atoms with E-state index in [9.17, 15) is 9.59 Å². The van der Waals surface area contributed by atoms with Crippen LogP contribution in [0.5, 0.6) is 0 Å². The summed E-state index contributed by atoms with van der Waals surface area (Å²) in [4.78, 5) is 23.8. The largest absolute Gasteiger partial charge is 0.393 e. The van der Waals surface area contributed by atoms with E-state index in [1.165, 1.54) is 0 Å². The molecule has 2 aliphatic heterocycles. The van der Waals surface area contributed by atoms with Crippen LogP contribution < -0.4 is 5.01 Å². The predicted octanol–water partition coefficient (Wildman–Crippen LogP) is 1.58. The Bertz CT molecular complexity index is 674. The van der Waals surface area contributed by atoms with Crippen LogP contribution in [0.4, 0.5) is 5.69 Å². The van der Waals surface area contributed by atoms with Gasteiger partial charge in [0, 0.05) is 0 Å². The first-order valence-electron chi connectivity index (χ1n) is 7.26. The number of benzene rings is 1. The summed E-state index contributed by atoms with van der Waals surface area (Å²) in [6.07, 6.45) is 0.869. The van der Waals surface area contributed by atoms with Gasteiger partial charge in [0.1, 0.15) is 0 Å². The second kappa shape index (κ2) is 3.69. The average molecular weight is 283 g/mol. The highest BCUT2D eigenvalue weighted by Gasteiger charge is 2.69. The van der Waals surface area contributed by atoms with Gasteiger partial charge in [-0.3, -0.25) is 9.59 Å². The fraction of sp³-hybridized carbons (Fsp3) is 0.467. The predicted molar refractivity (Wildman–Crippen MR) is 71.0 cm³/mol. The van der Waals surface area contributed by atoms with Crippen molar-refractivity contribution in [3.63, 3.8) is 0 Å². The maximum Gasteiger partial charge on any atom is 0.317 e. The summed E-state index contributed by atoms with van der Waals surface area (Å²) in [5, 5.41) is 10.6. The Morgan fingerprint density at radius 3 is 2.52 bits per heavy atom. The third kappa shape index (κ3) is 1.28. The van der Waals surface area contributed by atoms with Crippen LogP contribution in [0.25, 0.3) is 0 Å². The number of carbonyl (C=O) groups excluding carboxylic acids is 2. The first kappa shape index (κ1) is 11.4. The van der Waals surface area contributed by atoms with Gasteiger partial charge in [0.05, 0.1) is 29.6 Å². The normalized spacial score (nSPS) is 42.4. The number of para-hydroxylation sites is 1. The standard InChI is InChI=1S/C15H13N3O3/c19-14-10-8-6-9(11(10)15(20)21-14)13-12(8)16-17-18(13)7-4-2-1-3-5-7/h1-5,8-13H,6H2/t8-,9-,10-,11-,12+,13+/m1/s1. The molecule has 6 atom stereocenters. The Morgan fingerprint density at radius 1 is 1.05 bits per heavy atom. The first-order chi connectivity index (χ1) is 10.3. The van der Waals surface area contributed by atoms with Gasteiger partial charge in [-0.15, -0.1) is 0 Å². The average Bonchev–Trinajstić information content (AvgIpc) is 3.21. The third-order valence-corrected chi connectivity index (χ3v) is 5.41. The minimum atomic E-state index is -0.357. The number of hydrogen-bond donors (Lipinski definition) is 0. The maximum absolute atomic E-state index is 12.0. The molecule has 2 heterocycles. The highest BCUT2D eigenvalue weighted by Crippen LogP contribution is 2.59. The number of esters is 2. The zero-order chi connectivity index (χ0) is 14.1. The van der Waals surface area contributed by atoms with Crippen LogP contribution >= 0.6 is 0 Å². The van der Waals surface area contributed by atoms with E-state index in [-0.39, 0.29) is 47.7 Å². The van der Waals surface area contributed by atoms with Gasteiger partial charge in [0.15, 0.2) is 0 Å². The van der Waals surface area contributed by atoms with Crippen LogP contribution in [0.1, 0.15) is 6.42 Å². The van der Waals surface area contributed by atoms with Gasteiger partial charge in [0.25, 0.3) is 0 Å². The zero-order valence-electron chi connectivity index (χ0n) is 11.1. The van der Waals surface area contributed by atoms with Crippen molar-refractivity contribution in [2.75, 3.05) is 5.01 Å². The molecule has 2 aliphatic carbocycles. The van der Waals surface area contributed by atoms with E-state index in [2.05, 4.69) is 10.3 Å². The van der Waals surface area contributed by atoms with Crippen molar-refractivity contribution in [1.82, 2.24) is 0 Å². The van der Waals surface area contributed by atoms with Gasteiger partial charge in [-0.05, 0) is 30.4 Å². The number of rotatable bonds is 1. The highest BCUT2D eigenvalue weighted by atomic mass is 16.6.